The molecule has 5 nitrogen and oxygen atoms in total. The topological polar surface area (TPSA) is 78.9 Å². The molecule has 3 aromatic rings. The molecule has 0 aliphatic heterocycles. The highest BCUT2D eigenvalue weighted by atomic mass is 19.1. The maximum absolute atomic E-state index is 13.8. The van der Waals surface area contributed by atoms with Gasteiger partial charge in [-0.1, -0.05) is 0 Å². The van der Waals surface area contributed by atoms with Crippen LogP contribution in [0.4, 0.5) is 8.78 Å². The number of nitrogens with one attached hydrogen (secondary N) is 1. The van der Waals surface area contributed by atoms with E-state index in [1.165, 1.54) is 25.3 Å². The zero-order chi connectivity index (χ0) is 15.1. The number of H-pyrrole nitrogens is 1. The number of aromatic carboxylic acids is 1. The molecule has 0 saturated carbocycles. The Morgan fingerprint density at radius 2 is 2.00 bits per heavy atom. The molecule has 0 aliphatic rings. The van der Waals surface area contributed by atoms with E-state index in [1.807, 2.05) is 0 Å². The molecule has 0 atom stereocenters. The molecule has 0 amide bonds. The molecule has 7 heteroatoms. The molecule has 0 saturated heterocycles. The molecule has 0 aliphatic carbocycles. The Morgan fingerprint density at radius 3 is 2.71 bits per heavy atom. The van der Waals surface area contributed by atoms with E-state index in [1.54, 1.807) is 0 Å². The van der Waals surface area contributed by atoms with Gasteiger partial charge in [0.2, 0.25) is 0 Å². The number of hydrogen-bond donors (Lipinski definition) is 2. The van der Waals surface area contributed by atoms with Crippen LogP contribution in [0.15, 0.2) is 24.4 Å². The Morgan fingerprint density at radius 1 is 1.24 bits per heavy atom. The van der Waals surface area contributed by atoms with E-state index in [4.69, 9.17) is 5.11 Å². The maximum Gasteiger partial charge on any atom is 0.337 e. The predicted molar refractivity (Wildman–Crippen MR) is 70.9 cm³/mol. The van der Waals surface area contributed by atoms with E-state index in [0.717, 1.165) is 6.07 Å². The highest BCUT2D eigenvalue weighted by molar-refractivity contribution is 5.91. The number of rotatable bonds is 2. The van der Waals surface area contributed by atoms with Gasteiger partial charge in [0.1, 0.15) is 17.5 Å². The van der Waals surface area contributed by atoms with Crippen molar-refractivity contribution in [3.63, 3.8) is 0 Å². The minimum atomic E-state index is -1.12. The van der Waals surface area contributed by atoms with Crippen LogP contribution in [0.25, 0.3) is 22.6 Å². The predicted octanol–water partition coefficient (Wildman–Crippen LogP) is 2.91. The molecule has 2 heterocycles. The maximum atomic E-state index is 13.8. The standard InChI is InChI=1S/C14H9F2N3O2/c1-6-2-8(10(16)4-9(6)15)12-18-11-3-7(14(20)21)5-17-13(11)19-12/h2-5H,1H3,(H,20,21)(H,17,18,19). The van der Waals surface area contributed by atoms with Gasteiger partial charge in [0.15, 0.2) is 5.65 Å². The number of fused-ring (bicyclic) bond motifs is 1. The lowest BCUT2D eigenvalue weighted by atomic mass is 10.1. The highest BCUT2D eigenvalue weighted by Gasteiger charge is 2.14. The highest BCUT2D eigenvalue weighted by Crippen LogP contribution is 2.25. The Balaban J connectivity index is 2.17. The molecule has 2 N–H and O–H groups in total. The summed E-state index contributed by atoms with van der Waals surface area (Å²) in [5, 5.41) is 8.90. The van der Waals surface area contributed by atoms with Crippen LogP contribution in [-0.2, 0) is 0 Å². The third kappa shape index (κ3) is 2.22. The van der Waals surface area contributed by atoms with Crippen LogP contribution in [-0.4, -0.2) is 26.0 Å². The molecular weight excluding hydrogens is 280 g/mol. The number of carboxylic acids is 1. The van der Waals surface area contributed by atoms with Crippen molar-refractivity contribution in [2.45, 2.75) is 6.92 Å². The second kappa shape index (κ2) is 4.62. The van der Waals surface area contributed by atoms with Gasteiger partial charge in [-0.25, -0.2) is 23.5 Å². The molecule has 21 heavy (non-hydrogen) atoms. The molecule has 106 valence electrons. The Labute approximate surface area is 117 Å². The quantitative estimate of drug-likeness (QED) is 0.760. The zero-order valence-electron chi connectivity index (χ0n) is 10.8. The van der Waals surface area contributed by atoms with Crippen LogP contribution in [0, 0.1) is 18.6 Å². The van der Waals surface area contributed by atoms with Crippen LogP contribution >= 0.6 is 0 Å². The second-order valence-electron chi connectivity index (χ2n) is 4.57. The van der Waals surface area contributed by atoms with Gasteiger partial charge < -0.3 is 10.1 Å². The number of aromatic amines is 1. The summed E-state index contributed by atoms with van der Waals surface area (Å²) in [4.78, 5) is 21.7. The number of hydrogen-bond acceptors (Lipinski definition) is 3. The number of aryl methyl sites for hydroxylation is 1. The van der Waals surface area contributed by atoms with Crippen molar-refractivity contribution in [3.05, 3.63) is 47.2 Å². The van der Waals surface area contributed by atoms with Gasteiger partial charge in [0.25, 0.3) is 0 Å². The SMILES string of the molecule is Cc1cc(-c2nc3ncc(C(=O)O)cc3[nH]2)c(F)cc1F. The van der Waals surface area contributed by atoms with Gasteiger partial charge in [0, 0.05) is 12.3 Å². The summed E-state index contributed by atoms with van der Waals surface area (Å²) in [5.41, 5.74) is 1.01. The van der Waals surface area contributed by atoms with Crippen molar-refractivity contribution in [2.75, 3.05) is 0 Å². The van der Waals surface area contributed by atoms with Crippen LogP contribution < -0.4 is 0 Å². The average Bonchev–Trinajstić information content (AvgIpc) is 2.85. The first-order chi connectivity index (χ1) is 9.95. The second-order valence-corrected chi connectivity index (χ2v) is 4.57. The molecule has 0 bridgehead atoms. The summed E-state index contributed by atoms with van der Waals surface area (Å²) >= 11 is 0. The van der Waals surface area contributed by atoms with Crippen LogP contribution in [0.3, 0.4) is 0 Å². The minimum absolute atomic E-state index is 0.00606. The lowest BCUT2D eigenvalue weighted by Crippen LogP contribution is -1.96. The fourth-order valence-electron chi connectivity index (χ4n) is 1.98. The van der Waals surface area contributed by atoms with Crippen molar-refractivity contribution >= 4 is 17.1 Å². The molecule has 0 unspecified atom stereocenters. The number of benzene rings is 1. The number of carbonyl (C=O) groups is 1. The molecular formula is C14H9F2N3O2. The first-order valence-electron chi connectivity index (χ1n) is 6.01. The van der Waals surface area contributed by atoms with Crippen molar-refractivity contribution in [1.82, 2.24) is 15.0 Å². The lowest BCUT2D eigenvalue weighted by molar-refractivity contribution is 0.0696. The first-order valence-corrected chi connectivity index (χ1v) is 6.01. The number of halogens is 2. The van der Waals surface area contributed by atoms with Crippen LogP contribution in [0.2, 0.25) is 0 Å². The fraction of sp³-hybridized carbons (Fsp3) is 0.0714. The van der Waals surface area contributed by atoms with Crippen molar-refractivity contribution in [2.24, 2.45) is 0 Å². The summed E-state index contributed by atoms with van der Waals surface area (Å²) < 4.78 is 27.1. The van der Waals surface area contributed by atoms with Gasteiger partial charge in [0.05, 0.1) is 16.6 Å². The minimum Gasteiger partial charge on any atom is -0.478 e. The number of imidazole rings is 1. The zero-order valence-corrected chi connectivity index (χ0v) is 10.8. The number of pyridine rings is 1. The molecule has 3 rings (SSSR count). The number of carboxylic acid groups (broad SMARTS) is 1. The van der Waals surface area contributed by atoms with Crippen LogP contribution in [0.5, 0.6) is 0 Å². The monoisotopic (exact) mass is 289 g/mol. The van der Waals surface area contributed by atoms with E-state index in [2.05, 4.69) is 15.0 Å². The summed E-state index contributed by atoms with van der Waals surface area (Å²) in [6.45, 7) is 1.52. The third-order valence-electron chi connectivity index (χ3n) is 3.09. The molecule has 1 aromatic carbocycles. The van der Waals surface area contributed by atoms with E-state index >= 15 is 0 Å². The molecule has 2 aromatic heterocycles. The van der Waals surface area contributed by atoms with Gasteiger partial charge in [-0.05, 0) is 24.6 Å². The third-order valence-corrected chi connectivity index (χ3v) is 3.09. The summed E-state index contributed by atoms with van der Waals surface area (Å²) in [6, 6.07) is 3.48. The normalized spacial score (nSPS) is 11.0. The Hall–Kier alpha value is -2.83. The number of aromatic nitrogens is 3. The van der Waals surface area contributed by atoms with Gasteiger partial charge >= 0.3 is 5.97 Å². The average molecular weight is 289 g/mol. The Bertz CT molecular complexity index is 874. The van der Waals surface area contributed by atoms with Gasteiger partial charge in [-0.2, -0.15) is 0 Å². The summed E-state index contributed by atoms with van der Waals surface area (Å²) in [6.07, 6.45) is 1.17. The van der Waals surface area contributed by atoms with Crippen LogP contribution in [0.1, 0.15) is 15.9 Å². The van der Waals surface area contributed by atoms with Gasteiger partial charge in [-0.3, -0.25) is 0 Å². The van der Waals surface area contributed by atoms with Crippen molar-refractivity contribution < 1.29 is 18.7 Å². The van der Waals surface area contributed by atoms with E-state index in [-0.39, 0.29) is 28.2 Å². The van der Waals surface area contributed by atoms with E-state index in [0.29, 0.717) is 5.52 Å². The van der Waals surface area contributed by atoms with Crippen molar-refractivity contribution in [1.29, 1.82) is 0 Å². The largest absolute Gasteiger partial charge is 0.478 e. The number of nitrogens with zero attached hydrogens (tertiary/aromatic N) is 2. The van der Waals surface area contributed by atoms with Gasteiger partial charge in [-0.15, -0.1) is 0 Å². The van der Waals surface area contributed by atoms with E-state index in [9.17, 15) is 13.6 Å². The first kappa shape index (κ1) is 13.2. The smallest absolute Gasteiger partial charge is 0.337 e. The lowest BCUT2D eigenvalue weighted by Gasteiger charge is -2.02. The van der Waals surface area contributed by atoms with E-state index < -0.39 is 17.6 Å². The summed E-state index contributed by atoms with van der Waals surface area (Å²) in [7, 11) is 0. The Kier molecular flexibility index (Phi) is 2.90. The fourth-order valence-corrected chi connectivity index (χ4v) is 1.98. The summed E-state index contributed by atoms with van der Waals surface area (Å²) in [5.74, 6) is -2.35. The molecule has 0 spiro atoms. The molecule has 0 fully saturated rings. The molecule has 0 radical (unpaired) electrons. The van der Waals surface area contributed by atoms with Crippen molar-refractivity contribution in [3.8, 4) is 11.4 Å².